The van der Waals surface area contributed by atoms with E-state index in [1.54, 1.807) is 0 Å². The van der Waals surface area contributed by atoms with E-state index in [4.69, 9.17) is 9.47 Å². The molecule has 0 amide bonds. The molecule has 3 N–H and O–H groups in total. The number of hydrazine groups is 1. The lowest BCUT2D eigenvalue weighted by Gasteiger charge is -2.29. The number of carboxylic acid groups (broad SMARTS) is 1. The molecule has 0 aromatic rings. The maximum Gasteiger partial charge on any atom is 0.324 e. The zero-order valence-corrected chi connectivity index (χ0v) is 36.0. The molecule has 0 radical (unpaired) electrons. The van der Waals surface area contributed by atoms with E-state index in [9.17, 15) is 19.5 Å². The van der Waals surface area contributed by atoms with E-state index in [0.29, 0.717) is 52.5 Å². The Labute approximate surface area is 338 Å². The first-order valence-electron chi connectivity index (χ1n) is 23.4. The van der Waals surface area contributed by atoms with Gasteiger partial charge in [-0.05, 0) is 19.3 Å². The quantitative estimate of drug-likeness (QED) is 0.0413. The lowest BCUT2D eigenvalue weighted by molar-refractivity contribution is -0.149. The largest absolute Gasteiger partial charge is 0.480 e. The molecule has 1 saturated heterocycles. The fourth-order valence-electron chi connectivity index (χ4n) is 7.38. The number of esters is 2. The zero-order valence-electron chi connectivity index (χ0n) is 36.0. The molecule has 1 rings (SSSR count). The molecule has 55 heavy (non-hydrogen) atoms. The average molecular weight is 781 g/mol. The number of carboxylic acids is 1. The van der Waals surface area contributed by atoms with Crippen molar-refractivity contribution in [1.82, 2.24) is 20.7 Å². The molecule has 1 aliphatic rings. The predicted octanol–water partition coefficient (Wildman–Crippen LogP) is 9.98. The molecule has 1 aliphatic heterocycles. The van der Waals surface area contributed by atoms with Gasteiger partial charge in [0.25, 0.3) is 0 Å². The fourth-order valence-corrected chi connectivity index (χ4v) is 7.38. The Morgan fingerprint density at radius 2 is 0.982 bits per heavy atom. The molecule has 1 atom stereocenters. The minimum Gasteiger partial charge on any atom is -0.480 e. The first-order chi connectivity index (χ1) is 27.0. The second kappa shape index (κ2) is 39.1. The highest BCUT2D eigenvalue weighted by atomic mass is 16.5. The first kappa shape index (κ1) is 51.3. The van der Waals surface area contributed by atoms with E-state index in [1.165, 1.54) is 148 Å². The van der Waals surface area contributed by atoms with E-state index in [-0.39, 0.29) is 31.3 Å². The van der Waals surface area contributed by atoms with Crippen LogP contribution < -0.4 is 10.7 Å². The molecule has 10 nitrogen and oxygen atoms in total. The maximum absolute atomic E-state index is 13.3. The number of ether oxygens (including phenoxy) is 2. The number of carbonyl (C=O) groups excluding carboxylic acids is 2. The molecule has 0 bridgehead atoms. The van der Waals surface area contributed by atoms with E-state index in [2.05, 4.69) is 24.6 Å². The van der Waals surface area contributed by atoms with Crippen molar-refractivity contribution in [3.8, 4) is 0 Å². The Bertz CT molecular complexity index is 893. The predicted molar refractivity (Wildman–Crippen MR) is 227 cm³/mol. The molecule has 0 saturated carbocycles. The molecule has 0 aromatic heterocycles. The van der Waals surface area contributed by atoms with Crippen molar-refractivity contribution in [2.75, 3.05) is 59.0 Å². The summed E-state index contributed by atoms with van der Waals surface area (Å²) in [5, 5.41) is 14.6. The summed E-state index contributed by atoms with van der Waals surface area (Å²) in [6.07, 6.45) is 36.3. The van der Waals surface area contributed by atoms with E-state index >= 15 is 0 Å². The van der Waals surface area contributed by atoms with Gasteiger partial charge in [0.05, 0.1) is 19.8 Å². The van der Waals surface area contributed by atoms with Crippen LogP contribution in [-0.4, -0.2) is 98.0 Å². The summed E-state index contributed by atoms with van der Waals surface area (Å²) in [5.41, 5.74) is 3.34. The third-order valence-electron chi connectivity index (χ3n) is 11.0. The van der Waals surface area contributed by atoms with Crippen molar-refractivity contribution < 1.29 is 29.0 Å². The van der Waals surface area contributed by atoms with Crippen LogP contribution >= 0.6 is 0 Å². The van der Waals surface area contributed by atoms with Crippen molar-refractivity contribution in [3.05, 3.63) is 0 Å². The van der Waals surface area contributed by atoms with E-state index in [1.807, 2.05) is 9.91 Å². The van der Waals surface area contributed by atoms with Gasteiger partial charge < -0.3 is 19.9 Å². The molecule has 324 valence electrons. The molecule has 0 spiro atoms. The van der Waals surface area contributed by atoms with Crippen molar-refractivity contribution in [2.24, 2.45) is 0 Å². The highest BCUT2D eigenvalue weighted by molar-refractivity contribution is 5.77. The van der Waals surface area contributed by atoms with Gasteiger partial charge in [-0.25, -0.2) is 10.4 Å². The number of aliphatic carboxylic acids is 1. The molecular formula is C45H88N4O6. The highest BCUT2D eigenvalue weighted by Crippen LogP contribution is 2.15. The van der Waals surface area contributed by atoms with Crippen molar-refractivity contribution in [1.29, 1.82) is 0 Å². The molecule has 1 fully saturated rings. The summed E-state index contributed by atoms with van der Waals surface area (Å²) < 4.78 is 11.3. The SMILES string of the molecule is CCCCCCCCCCCCCCCCOC(=O)CC[C@H](NN1CCNCCN(CC(=O)O)CC1)C(=O)OCCCCCCCCCCCCCCCC. The Hall–Kier alpha value is -1.75. The third kappa shape index (κ3) is 34.0. The van der Waals surface area contributed by atoms with Crippen LogP contribution in [0, 0.1) is 0 Å². The third-order valence-corrected chi connectivity index (χ3v) is 11.0. The van der Waals surface area contributed by atoms with Crippen LogP contribution in [0.5, 0.6) is 0 Å². The summed E-state index contributed by atoms with van der Waals surface area (Å²) in [6, 6.07) is -0.672. The first-order valence-corrected chi connectivity index (χ1v) is 23.4. The summed E-state index contributed by atoms with van der Waals surface area (Å²) in [5.74, 6) is -1.47. The monoisotopic (exact) mass is 781 g/mol. The van der Waals surface area contributed by atoms with Crippen LogP contribution in [0.1, 0.15) is 206 Å². The Morgan fingerprint density at radius 1 is 0.564 bits per heavy atom. The van der Waals surface area contributed by atoms with Crippen LogP contribution in [0.15, 0.2) is 0 Å². The Kier molecular flexibility index (Phi) is 36.4. The second-order valence-electron chi connectivity index (χ2n) is 16.2. The minimum absolute atomic E-state index is 0.0225. The lowest BCUT2D eigenvalue weighted by Crippen LogP contribution is -2.52. The summed E-state index contributed by atoms with van der Waals surface area (Å²) in [7, 11) is 0. The summed E-state index contributed by atoms with van der Waals surface area (Å²) in [4.78, 5) is 39.3. The molecule has 1 heterocycles. The number of hydrogen-bond donors (Lipinski definition) is 3. The number of carbonyl (C=O) groups is 3. The van der Waals surface area contributed by atoms with Gasteiger partial charge in [0, 0.05) is 45.7 Å². The van der Waals surface area contributed by atoms with Crippen molar-refractivity contribution in [2.45, 2.75) is 213 Å². The molecule has 10 heteroatoms. The van der Waals surface area contributed by atoms with Crippen LogP contribution in [0.2, 0.25) is 0 Å². The topological polar surface area (TPSA) is 120 Å². The standard InChI is InChI=1S/C45H88N4O6/c1-3-5-7-9-11-13-15-17-19-21-23-25-27-29-39-54-44(52)32-31-42(47-49-36-34-46-33-35-48(37-38-49)41-43(50)51)45(53)55-40-30-28-26-24-22-20-18-16-14-12-10-8-6-4-2/h42,46-47H,3-41H2,1-2H3,(H,50,51)/t42-/m0/s1. The van der Waals surface area contributed by atoms with Gasteiger partial charge in [-0.1, -0.05) is 181 Å². The van der Waals surface area contributed by atoms with E-state index in [0.717, 1.165) is 32.1 Å². The molecule has 0 aromatic carbocycles. The molecule has 0 unspecified atom stereocenters. The Morgan fingerprint density at radius 3 is 1.44 bits per heavy atom. The van der Waals surface area contributed by atoms with Crippen LogP contribution in [0.25, 0.3) is 0 Å². The number of nitrogens with one attached hydrogen (secondary N) is 2. The summed E-state index contributed by atoms with van der Waals surface area (Å²) in [6.45, 7) is 9.14. The van der Waals surface area contributed by atoms with Gasteiger partial charge >= 0.3 is 17.9 Å². The van der Waals surface area contributed by atoms with Gasteiger partial charge in [0.1, 0.15) is 6.04 Å². The van der Waals surface area contributed by atoms with Gasteiger partial charge in [-0.15, -0.1) is 0 Å². The number of nitrogens with zero attached hydrogens (tertiary/aromatic N) is 2. The Balaban J connectivity index is 2.35. The number of hydrogen-bond acceptors (Lipinski definition) is 9. The van der Waals surface area contributed by atoms with Crippen LogP contribution in [0.4, 0.5) is 0 Å². The number of unbranched alkanes of at least 4 members (excludes halogenated alkanes) is 26. The zero-order chi connectivity index (χ0) is 39.9. The van der Waals surface area contributed by atoms with Gasteiger partial charge in [0.15, 0.2) is 0 Å². The van der Waals surface area contributed by atoms with Gasteiger partial charge in [-0.3, -0.25) is 19.3 Å². The second-order valence-corrected chi connectivity index (χ2v) is 16.2. The van der Waals surface area contributed by atoms with Crippen molar-refractivity contribution in [3.63, 3.8) is 0 Å². The summed E-state index contributed by atoms with van der Waals surface area (Å²) >= 11 is 0. The smallest absolute Gasteiger partial charge is 0.324 e. The number of rotatable bonds is 38. The van der Waals surface area contributed by atoms with Gasteiger partial charge in [-0.2, -0.15) is 0 Å². The van der Waals surface area contributed by atoms with Crippen LogP contribution in [0.3, 0.4) is 0 Å². The van der Waals surface area contributed by atoms with E-state index < -0.39 is 12.0 Å². The fraction of sp³-hybridized carbons (Fsp3) is 0.933. The average Bonchev–Trinajstić information content (AvgIpc) is 3.28. The highest BCUT2D eigenvalue weighted by Gasteiger charge is 2.25. The molecular weight excluding hydrogens is 693 g/mol. The lowest BCUT2D eigenvalue weighted by atomic mass is 10.0. The minimum atomic E-state index is -0.851. The van der Waals surface area contributed by atoms with Crippen LogP contribution in [-0.2, 0) is 23.9 Å². The normalized spacial score (nSPS) is 14.9. The van der Waals surface area contributed by atoms with Gasteiger partial charge in [0.2, 0.25) is 0 Å². The maximum atomic E-state index is 13.3. The molecule has 0 aliphatic carbocycles. The van der Waals surface area contributed by atoms with Crippen molar-refractivity contribution >= 4 is 17.9 Å².